The zero-order chi connectivity index (χ0) is 42.4. The summed E-state index contributed by atoms with van der Waals surface area (Å²) in [6.07, 6.45) is -15.3. The maximum atomic E-state index is 13.4. The molecule has 5 rings (SSSR count). The molecule has 4 aromatic rings. The Morgan fingerprint density at radius 1 is 0.552 bits per heavy atom. The molecular formula is C40H34Cl2F6N2O8. The van der Waals surface area contributed by atoms with Crippen LogP contribution in [0, 0.1) is 0 Å². The predicted molar refractivity (Wildman–Crippen MR) is 197 cm³/mol. The number of carbonyl (C=O) groups is 4. The lowest BCUT2D eigenvalue weighted by atomic mass is 10.1. The van der Waals surface area contributed by atoms with E-state index in [1.807, 2.05) is 0 Å². The van der Waals surface area contributed by atoms with Crippen LogP contribution in [0.2, 0.25) is 10.0 Å². The van der Waals surface area contributed by atoms with E-state index in [-0.39, 0.29) is 48.8 Å². The van der Waals surface area contributed by atoms with Crippen LogP contribution in [0.5, 0.6) is 11.5 Å². The monoisotopic (exact) mass is 854 g/mol. The third-order valence-electron chi connectivity index (χ3n) is 8.79. The Labute approximate surface area is 338 Å². The largest absolute Gasteiger partial charge is 0.474 e. The number of nitrogens with zero attached hydrogens (tertiary/aromatic N) is 2. The average Bonchev–Trinajstić information content (AvgIpc) is 3.18. The van der Waals surface area contributed by atoms with Crippen LogP contribution in [-0.2, 0) is 41.0 Å². The van der Waals surface area contributed by atoms with Crippen LogP contribution < -0.4 is 9.47 Å². The Bertz CT molecular complexity index is 1940. The molecule has 1 aliphatic heterocycles. The van der Waals surface area contributed by atoms with Crippen LogP contribution >= 0.6 is 23.2 Å². The minimum Gasteiger partial charge on any atom is -0.474 e. The van der Waals surface area contributed by atoms with E-state index in [0.29, 0.717) is 10.0 Å². The number of piperazine rings is 1. The molecule has 0 aromatic heterocycles. The number of amides is 2. The number of hydrogen-bond acceptors (Lipinski definition) is 8. The van der Waals surface area contributed by atoms with Crippen molar-refractivity contribution in [3.63, 3.8) is 0 Å². The molecule has 0 N–H and O–H groups in total. The third kappa shape index (κ3) is 11.3. The number of alkyl halides is 6. The first-order valence-corrected chi connectivity index (χ1v) is 18.2. The highest BCUT2D eigenvalue weighted by Gasteiger charge is 2.37. The number of carbonyl (C=O) groups excluding carboxylic acids is 4. The quantitative estimate of drug-likeness (QED) is 0.103. The minimum absolute atomic E-state index is 0.0134. The summed E-state index contributed by atoms with van der Waals surface area (Å²) < 4.78 is 102. The van der Waals surface area contributed by atoms with Gasteiger partial charge in [-0.05, 0) is 74.5 Å². The van der Waals surface area contributed by atoms with Crippen molar-refractivity contribution in [2.75, 3.05) is 26.2 Å². The molecule has 0 bridgehead atoms. The van der Waals surface area contributed by atoms with Gasteiger partial charge < -0.3 is 28.7 Å². The van der Waals surface area contributed by atoms with Gasteiger partial charge in [0.2, 0.25) is 12.2 Å². The second-order valence-electron chi connectivity index (χ2n) is 13.0. The first-order valence-electron chi connectivity index (χ1n) is 17.5. The van der Waals surface area contributed by atoms with E-state index in [1.165, 1.54) is 84.3 Å². The molecule has 1 fully saturated rings. The van der Waals surface area contributed by atoms with E-state index in [9.17, 15) is 45.5 Å². The molecular weight excluding hydrogens is 821 g/mol. The normalized spacial score (nSPS) is 15.4. The van der Waals surface area contributed by atoms with Gasteiger partial charge in [0, 0.05) is 47.4 Å². The Hall–Kier alpha value is -5.48. The van der Waals surface area contributed by atoms with Crippen molar-refractivity contribution in [3.05, 3.63) is 129 Å². The molecule has 18 heteroatoms. The molecule has 1 unspecified atom stereocenters. The van der Waals surface area contributed by atoms with Gasteiger partial charge in [-0.2, -0.15) is 26.3 Å². The summed E-state index contributed by atoms with van der Waals surface area (Å²) in [5, 5.41) is 0.627. The summed E-state index contributed by atoms with van der Waals surface area (Å²) >= 11 is 11.9. The summed E-state index contributed by atoms with van der Waals surface area (Å²) in [5.74, 6) is -3.97. The lowest BCUT2D eigenvalue weighted by Crippen LogP contribution is -2.55. The van der Waals surface area contributed by atoms with E-state index in [4.69, 9.17) is 42.1 Å². The molecule has 4 atom stereocenters. The van der Waals surface area contributed by atoms with Crippen LogP contribution in [-0.4, -0.2) is 71.9 Å². The maximum Gasteiger partial charge on any atom is 0.416 e. The van der Waals surface area contributed by atoms with Crippen molar-refractivity contribution in [1.82, 2.24) is 9.80 Å². The fourth-order valence-electron chi connectivity index (χ4n) is 5.78. The lowest BCUT2D eigenvalue weighted by Gasteiger charge is -2.36. The first-order chi connectivity index (χ1) is 27.3. The molecule has 0 saturated carbocycles. The number of rotatable bonds is 12. The standard InChI is InChI=1S/C40H34Cl2F6N2O8/c1-23(55-37(53)33(25-9-13-29(41)14-10-25)57-31-7-3-5-27(21-31)39(43,44)45)35(51)49-17-19-50(20-18-49)36(52)24(2)56-38(54)34(26-11-15-30(42)16-12-26)58-32-8-4-6-28(22-32)40(46,47)48/h3-16,21-24,33-34H,17-20H2,1-2H3/t23-,24?,33+,34+/m0/s1. The van der Waals surface area contributed by atoms with Crippen molar-refractivity contribution in [2.45, 2.75) is 50.6 Å². The van der Waals surface area contributed by atoms with Crippen molar-refractivity contribution in [1.29, 1.82) is 0 Å². The second kappa shape index (κ2) is 18.4. The summed E-state index contributed by atoms with van der Waals surface area (Å²) in [6.45, 7) is 2.56. The molecule has 10 nitrogen and oxygen atoms in total. The number of benzene rings is 4. The van der Waals surface area contributed by atoms with Crippen LogP contribution in [0.25, 0.3) is 0 Å². The smallest absolute Gasteiger partial charge is 0.416 e. The van der Waals surface area contributed by atoms with Gasteiger partial charge in [-0.3, -0.25) is 9.59 Å². The Kier molecular flexibility index (Phi) is 13.8. The Morgan fingerprint density at radius 2 is 0.879 bits per heavy atom. The molecule has 0 radical (unpaired) electrons. The zero-order valence-corrected chi connectivity index (χ0v) is 32.1. The Morgan fingerprint density at radius 3 is 1.19 bits per heavy atom. The Balaban J connectivity index is 1.19. The van der Waals surface area contributed by atoms with Gasteiger partial charge in [0.15, 0.2) is 12.2 Å². The average molecular weight is 856 g/mol. The van der Waals surface area contributed by atoms with Gasteiger partial charge in [-0.1, -0.05) is 59.6 Å². The lowest BCUT2D eigenvalue weighted by molar-refractivity contribution is -0.168. The molecule has 308 valence electrons. The summed E-state index contributed by atoms with van der Waals surface area (Å²) in [4.78, 5) is 56.2. The van der Waals surface area contributed by atoms with E-state index in [0.717, 1.165) is 36.4 Å². The molecule has 58 heavy (non-hydrogen) atoms. The van der Waals surface area contributed by atoms with Gasteiger partial charge in [0.1, 0.15) is 11.5 Å². The topological polar surface area (TPSA) is 112 Å². The molecule has 0 aliphatic carbocycles. The van der Waals surface area contributed by atoms with E-state index < -0.39 is 71.6 Å². The van der Waals surface area contributed by atoms with Crippen LogP contribution in [0.4, 0.5) is 26.3 Å². The van der Waals surface area contributed by atoms with Crippen LogP contribution in [0.3, 0.4) is 0 Å². The summed E-state index contributed by atoms with van der Waals surface area (Å²) in [7, 11) is 0. The predicted octanol–water partition coefficient (Wildman–Crippen LogP) is 8.51. The van der Waals surface area contributed by atoms with Crippen molar-refractivity contribution in [3.8, 4) is 11.5 Å². The highest BCUT2D eigenvalue weighted by atomic mass is 35.5. The van der Waals surface area contributed by atoms with E-state index in [1.54, 1.807) is 0 Å². The first kappa shape index (κ1) is 43.6. The second-order valence-corrected chi connectivity index (χ2v) is 13.8. The number of halogens is 8. The molecule has 4 aromatic carbocycles. The van der Waals surface area contributed by atoms with Crippen LogP contribution in [0.1, 0.15) is 48.3 Å². The maximum absolute atomic E-state index is 13.4. The summed E-state index contributed by atoms with van der Waals surface area (Å²) in [5.41, 5.74) is -1.63. The summed E-state index contributed by atoms with van der Waals surface area (Å²) in [6, 6.07) is 19.3. The fourth-order valence-corrected chi connectivity index (χ4v) is 6.03. The molecule has 1 heterocycles. The van der Waals surface area contributed by atoms with Crippen molar-refractivity contribution < 1.29 is 64.5 Å². The van der Waals surface area contributed by atoms with E-state index in [2.05, 4.69) is 0 Å². The van der Waals surface area contributed by atoms with Crippen molar-refractivity contribution in [2.24, 2.45) is 0 Å². The van der Waals surface area contributed by atoms with Crippen molar-refractivity contribution >= 4 is 47.0 Å². The SMILES string of the molecule is CC(OC(=O)[C@H](Oc1cccc(C(F)(F)F)c1)c1ccc(Cl)cc1)C(=O)N1CCN(C(=O)[C@H](C)OC(=O)[C@H](Oc2cccc(C(F)(F)F)c2)c2ccc(Cl)cc2)CC1. The van der Waals surface area contributed by atoms with Gasteiger partial charge in [-0.15, -0.1) is 0 Å². The molecule has 1 saturated heterocycles. The molecule has 1 aliphatic rings. The number of hydrogen-bond donors (Lipinski definition) is 0. The highest BCUT2D eigenvalue weighted by Crippen LogP contribution is 2.35. The zero-order valence-electron chi connectivity index (χ0n) is 30.6. The fraction of sp³-hybridized carbons (Fsp3) is 0.300. The highest BCUT2D eigenvalue weighted by molar-refractivity contribution is 6.30. The number of ether oxygens (including phenoxy) is 4. The van der Waals surface area contributed by atoms with Crippen LogP contribution in [0.15, 0.2) is 97.1 Å². The van der Waals surface area contributed by atoms with Gasteiger partial charge >= 0.3 is 24.3 Å². The minimum atomic E-state index is -4.68. The van der Waals surface area contributed by atoms with Gasteiger partial charge in [0.25, 0.3) is 11.8 Å². The number of esters is 2. The van der Waals surface area contributed by atoms with Gasteiger partial charge in [0.05, 0.1) is 11.1 Å². The third-order valence-corrected chi connectivity index (χ3v) is 9.29. The molecule has 2 amide bonds. The van der Waals surface area contributed by atoms with Gasteiger partial charge in [-0.25, -0.2) is 9.59 Å². The van der Waals surface area contributed by atoms with E-state index >= 15 is 0 Å². The molecule has 0 spiro atoms.